The quantitative estimate of drug-likeness (QED) is 0.757. The molecule has 0 saturated carbocycles. The lowest BCUT2D eigenvalue weighted by Gasteiger charge is -2.07. The molecule has 0 amide bonds. The van der Waals surface area contributed by atoms with Crippen LogP contribution in [0.2, 0.25) is 0 Å². The monoisotopic (exact) mass is 198 g/mol. The Morgan fingerprint density at radius 1 is 1.57 bits per heavy atom. The van der Waals surface area contributed by atoms with E-state index >= 15 is 0 Å². The number of ether oxygens (including phenoxy) is 1. The molecule has 1 N–H and O–H groups in total. The molecule has 0 fully saturated rings. The second-order valence-electron chi connectivity index (χ2n) is 2.79. The van der Waals surface area contributed by atoms with E-state index in [4.69, 9.17) is 4.74 Å². The molecule has 0 heterocycles. The van der Waals surface area contributed by atoms with Gasteiger partial charge in [-0.25, -0.2) is 4.39 Å². The number of ketones is 1. The Bertz CT molecular complexity index is 361. The highest BCUT2D eigenvalue weighted by Crippen LogP contribution is 2.27. The number of hydrogen-bond donors (Lipinski definition) is 1. The predicted octanol–water partition coefficient (Wildman–Crippen LogP) is 2.13. The van der Waals surface area contributed by atoms with E-state index in [1.54, 1.807) is 6.92 Å². The Morgan fingerprint density at radius 2 is 2.21 bits per heavy atom. The van der Waals surface area contributed by atoms with Gasteiger partial charge in [0.05, 0.1) is 12.2 Å². The van der Waals surface area contributed by atoms with E-state index < -0.39 is 5.82 Å². The Hall–Kier alpha value is -1.58. The summed E-state index contributed by atoms with van der Waals surface area (Å²) < 4.78 is 18.1. The third kappa shape index (κ3) is 2.02. The van der Waals surface area contributed by atoms with Crippen LogP contribution in [0.5, 0.6) is 11.5 Å². The van der Waals surface area contributed by atoms with E-state index in [2.05, 4.69) is 0 Å². The summed E-state index contributed by atoms with van der Waals surface area (Å²) in [6, 6.07) is 2.08. The van der Waals surface area contributed by atoms with Crippen LogP contribution in [0.3, 0.4) is 0 Å². The van der Waals surface area contributed by atoms with Gasteiger partial charge in [0, 0.05) is 6.07 Å². The molecule has 1 aromatic rings. The first-order valence-electron chi connectivity index (χ1n) is 4.22. The summed E-state index contributed by atoms with van der Waals surface area (Å²) in [5, 5.41) is 9.35. The van der Waals surface area contributed by atoms with Crippen molar-refractivity contribution in [3.05, 3.63) is 23.5 Å². The summed E-state index contributed by atoms with van der Waals surface area (Å²) in [6.07, 6.45) is 0. The van der Waals surface area contributed by atoms with Crippen molar-refractivity contribution in [2.45, 2.75) is 13.8 Å². The second-order valence-corrected chi connectivity index (χ2v) is 2.79. The number of halogens is 1. The van der Waals surface area contributed by atoms with Gasteiger partial charge in [-0.1, -0.05) is 0 Å². The smallest absolute Gasteiger partial charge is 0.166 e. The number of hydrogen-bond acceptors (Lipinski definition) is 3. The van der Waals surface area contributed by atoms with Gasteiger partial charge in [-0.2, -0.15) is 0 Å². The zero-order valence-electron chi connectivity index (χ0n) is 8.00. The van der Waals surface area contributed by atoms with Crippen molar-refractivity contribution < 1.29 is 19.0 Å². The van der Waals surface area contributed by atoms with Crippen LogP contribution < -0.4 is 4.74 Å². The summed E-state index contributed by atoms with van der Waals surface area (Å²) in [5.41, 5.74) is -0.0362. The molecule has 0 aliphatic rings. The van der Waals surface area contributed by atoms with Crippen molar-refractivity contribution in [2.24, 2.45) is 0 Å². The number of phenols is 1. The van der Waals surface area contributed by atoms with Gasteiger partial charge in [-0.05, 0) is 19.9 Å². The van der Waals surface area contributed by atoms with Gasteiger partial charge in [0.15, 0.2) is 17.3 Å². The predicted molar refractivity (Wildman–Crippen MR) is 49.2 cm³/mol. The van der Waals surface area contributed by atoms with Crippen LogP contribution >= 0.6 is 0 Å². The minimum absolute atomic E-state index is 0.0362. The standard InChI is InChI=1S/C10H11FO3/c1-3-14-10-5-9(13)7(6(2)12)4-8(10)11/h4-5,13H,3H2,1-2H3. The fraction of sp³-hybridized carbons (Fsp3) is 0.300. The minimum Gasteiger partial charge on any atom is -0.507 e. The number of phenolic OH excluding ortho intramolecular Hbond substituents is 1. The maximum absolute atomic E-state index is 13.2. The number of carbonyl (C=O) groups excluding carboxylic acids is 1. The van der Waals surface area contributed by atoms with Crippen molar-refractivity contribution in [1.29, 1.82) is 0 Å². The van der Waals surface area contributed by atoms with Crippen LogP contribution in [0.25, 0.3) is 0 Å². The van der Waals surface area contributed by atoms with Crippen LogP contribution in [-0.4, -0.2) is 17.5 Å². The first kappa shape index (κ1) is 10.5. The molecule has 3 nitrogen and oxygen atoms in total. The zero-order chi connectivity index (χ0) is 10.7. The molecular formula is C10H11FO3. The molecule has 0 aliphatic heterocycles. The van der Waals surface area contributed by atoms with Crippen molar-refractivity contribution in [3.8, 4) is 11.5 Å². The lowest BCUT2D eigenvalue weighted by molar-refractivity contribution is 0.101. The number of benzene rings is 1. The van der Waals surface area contributed by atoms with Gasteiger partial charge in [0.1, 0.15) is 5.75 Å². The third-order valence-corrected chi connectivity index (χ3v) is 1.73. The largest absolute Gasteiger partial charge is 0.507 e. The van der Waals surface area contributed by atoms with E-state index in [9.17, 15) is 14.3 Å². The fourth-order valence-corrected chi connectivity index (χ4v) is 1.09. The molecule has 0 aromatic heterocycles. The van der Waals surface area contributed by atoms with Gasteiger partial charge in [-0.3, -0.25) is 4.79 Å². The van der Waals surface area contributed by atoms with Crippen molar-refractivity contribution in [3.63, 3.8) is 0 Å². The summed E-state index contributed by atoms with van der Waals surface area (Å²) in [4.78, 5) is 10.9. The summed E-state index contributed by atoms with van der Waals surface area (Å²) in [6.45, 7) is 3.26. The van der Waals surface area contributed by atoms with Gasteiger partial charge in [0.25, 0.3) is 0 Å². The van der Waals surface area contributed by atoms with Crippen LogP contribution in [-0.2, 0) is 0 Å². The Labute approximate surface area is 81.1 Å². The number of carbonyl (C=O) groups is 1. The molecule has 0 spiro atoms. The van der Waals surface area contributed by atoms with Crippen LogP contribution in [0.15, 0.2) is 12.1 Å². The number of Topliss-reactive ketones (excluding diaryl/α,β-unsaturated/α-hetero) is 1. The summed E-state index contributed by atoms with van der Waals surface area (Å²) in [5.74, 6) is -1.34. The van der Waals surface area contributed by atoms with Crippen molar-refractivity contribution in [2.75, 3.05) is 6.61 Å². The van der Waals surface area contributed by atoms with Crippen LogP contribution in [0.4, 0.5) is 4.39 Å². The van der Waals surface area contributed by atoms with Gasteiger partial charge in [0.2, 0.25) is 0 Å². The maximum atomic E-state index is 13.2. The molecule has 1 rings (SSSR count). The summed E-state index contributed by atoms with van der Waals surface area (Å²) in [7, 11) is 0. The number of aromatic hydroxyl groups is 1. The van der Waals surface area contributed by atoms with E-state index in [1.165, 1.54) is 6.92 Å². The van der Waals surface area contributed by atoms with Gasteiger partial charge in [-0.15, -0.1) is 0 Å². The first-order valence-corrected chi connectivity index (χ1v) is 4.22. The Kier molecular flexibility index (Phi) is 3.06. The van der Waals surface area contributed by atoms with E-state index in [-0.39, 0.29) is 22.8 Å². The van der Waals surface area contributed by atoms with Crippen LogP contribution in [0.1, 0.15) is 24.2 Å². The Morgan fingerprint density at radius 3 is 2.71 bits per heavy atom. The lowest BCUT2D eigenvalue weighted by atomic mass is 10.1. The summed E-state index contributed by atoms with van der Waals surface area (Å²) >= 11 is 0. The molecular weight excluding hydrogens is 187 g/mol. The van der Waals surface area contributed by atoms with Crippen LogP contribution in [0, 0.1) is 5.82 Å². The highest BCUT2D eigenvalue weighted by Gasteiger charge is 2.12. The molecule has 1 aromatic carbocycles. The zero-order valence-corrected chi connectivity index (χ0v) is 8.00. The molecule has 0 unspecified atom stereocenters. The average Bonchev–Trinajstić information content (AvgIpc) is 2.10. The van der Waals surface area contributed by atoms with Crippen molar-refractivity contribution >= 4 is 5.78 Å². The molecule has 0 aliphatic carbocycles. The van der Waals surface area contributed by atoms with E-state index in [0.29, 0.717) is 6.61 Å². The second kappa shape index (κ2) is 4.09. The third-order valence-electron chi connectivity index (χ3n) is 1.73. The average molecular weight is 198 g/mol. The Balaban J connectivity index is 3.17. The van der Waals surface area contributed by atoms with E-state index in [0.717, 1.165) is 12.1 Å². The highest BCUT2D eigenvalue weighted by molar-refractivity contribution is 5.96. The van der Waals surface area contributed by atoms with Crippen molar-refractivity contribution in [1.82, 2.24) is 0 Å². The molecule has 14 heavy (non-hydrogen) atoms. The molecule has 76 valence electrons. The number of rotatable bonds is 3. The highest BCUT2D eigenvalue weighted by atomic mass is 19.1. The molecule has 0 radical (unpaired) electrons. The fourth-order valence-electron chi connectivity index (χ4n) is 1.09. The lowest BCUT2D eigenvalue weighted by Crippen LogP contribution is -1.99. The van der Waals surface area contributed by atoms with E-state index in [1.807, 2.05) is 0 Å². The topological polar surface area (TPSA) is 46.5 Å². The van der Waals surface area contributed by atoms with Gasteiger partial charge < -0.3 is 9.84 Å². The first-order chi connectivity index (χ1) is 6.56. The maximum Gasteiger partial charge on any atom is 0.166 e. The minimum atomic E-state index is -0.644. The molecule has 4 heteroatoms. The normalized spacial score (nSPS) is 9.93. The molecule has 0 bridgehead atoms. The molecule has 0 saturated heterocycles. The molecule has 0 atom stereocenters. The SMILES string of the molecule is CCOc1cc(O)c(C(C)=O)cc1F. The van der Waals surface area contributed by atoms with Gasteiger partial charge >= 0.3 is 0 Å².